The lowest BCUT2D eigenvalue weighted by atomic mass is 10.2. The van der Waals surface area contributed by atoms with Gasteiger partial charge >= 0.3 is 5.69 Å². The van der Waals surface area contributed by atoms with Gasteiger partial charge in [-0.15, -0.1) is 11.3 Å². The molecule has 0 unspecified atom stereocenters. The van der Waals surface area contributed by atoms with E-state index in [-0.39, 0.29) is 11.4 Å². The minimum atomic E-state index is -0.702. The van der Waals surface area contributed by atoms with E-state index in [4.69, 9.17) is 0 Å². The van der Waals surface area contributed by atoms with E-state index in [0.717, 1.165) is 15.4 Å². The summed E-state index contributed by atoms with van der Waals surface area (Å²) in [6.45, 7) is 0. The molecule has 0 aliphatic rings. The highest BCUT2D eigenvalue weighted by atomic mass is 79.9. The fourth-order valence-electron chi connectivity index (χ4n) is 1.44. The van der Waals surface area contributed by atoms with Gasteiger partial charge in [0.05, 0.1) is 22.1 Å². The van der Waals surface area contributed by atoms with Crippen LogP contribution in [-0.4, -0.2) is 16.1 Å². The predicted octanol–water partition coefficient (Wildman–Crippen LogP) is 3.77. The highest BCUT2D eigenvalue weighted by molar-refractivity contribution is 9.10. The van der Waals surface area contributed by atoms with Crippen molar-refractivity contribution in [2.45, 2.75) is 0 Å². The van der Waals surface area contributed by atoms with Gasteiger partial charge in [0, 0.05) is 20.8 Å². The average Bonchev–Trinajstić information content (AvgIpc) is 2.84. The van der Waals surface area contributed by atoms with Gasteiger partial charge in [-0.3, -0.25) is 25.7 Å². The second-order valence-corrected chi connectivity index (χ2v) is 5.61. The Hall–Kier alpha value is -2.33. The lowest BCUT2D eigenvalue weighted by Crippen LogP contribution is -1.98. The smallest absolute Gasteiger partial charge is 0.272 e. The van der Waals surface area contributed by atoms with Crippen LogP contribution in [0.2, 0.25) is 0 Å². The number of nitro groups is 2. The van der Waals surface area contributed by atoms with Gasteiger partial charge in [-0.1, -0.05) is 0 Å². The third-order valence-corrected chi connectivity index (χ3v) is 3.98. The molecule has 0 amide bonds. The van der Waals surface area contributed by atoms with Crippen LogP contribution in [0.3, 0.4) is 0 Å². The van der Waals surface area contributed by atoms with Crippen molar-refractivity contribution in [3.05, 3.63) is 59.2 Å². The molecule has 1 aromatic heterocycles. The van der Waals surface area contributed by atoms with Crippen LogP contribution in [0.1, 0.15) is 4.88 Å². The number of nitrogens with one attached hydrogen (secondary N) is 1. The molecule has 1 aromatic carbocycles. The Labute approximate surface area is 130 Å². The minimum absolute atomic E-state index is 0.0810. The lowest BCUT2D eigenvalue weighted by molar-refractivity contribution is -0.393. The Morgan fingerprint density at radius 2 is 2.00 bits per heavy atom. The zero-order valence-electron chi connectivity index (χ0n) is 10.2. The number of rotatable bonds is 5. The number of hydrazone groups is 1. The van der Waals surface area contributed by atoms with Crippen LogP contribution in [0.25, 0.3) is 0 Å². The molecule has 108 valence electrons. The van der Waals surface area contributed by atoms with Crippen molar-refractivity contribution >= 4 is 50.5 Å². The van der Waals surface area contributed by atoms with Crippen molar-refractivity contribution in [1.82, 2.24) is 0 Å². The van der Waals surface area contributed by atoms with Crippen LogP contribution in [0.15, 0.2) is 39.2 Å². The summed E-state index contributed by atoms with van der Waals surface area (Å²) >= 11 is 4.74. The number of nitro benzene ring substituents is 2. The molecule has 10 heteroatoms. The van der Waals surface area contributed by atoms with E-state index in [0.29, 0.717) is 0 Å². The lowest BCUT2D eigenvalue weighted by Gasteiger charge is -2.01. The van der Waals surface area contributed by atoms with Crippen LogP contribution in [-0.2, 0) is 0 Å². The summed E-state index contributed by atoms with van der Waals surface area (Å²) in [4.78, 5) is 21.0. The third-order valence-electron chi connectivity index (χ3n) is 2.35. The van der Waals surface area contributed by atoms with Gasteiger partial charge in [0.25, 0.3) is 5.69 Å². The van der Waals surface area contributed by atoms with Gasteiger partial charge in [0.2, 0.25) is 0 Å². The summed E-state index contributed by atoms with van der Waals surface area (Å²) in [6, 6.07) is 5.14. The Balaban J connectivity index is 2.21. The average molecular weight is 371 g/mol. The molecule has 0 saturated heterocycles. The summed E-state index contributed by atoms with van der Waals surface area (Å²) in [5.74, 6) is 0. The van der Waals surface area contributed by atoms with Crippen molar-refractivity contribution in [2.24, 2.45) is 5.10 Å². The molecule has 0 spiro atoms. The molecular weight excluding hydrogens is 364 g/mol. The Bertz CT molecular complexity index is 731. The molecule has 0 atom stereocenters. The number of hydrogen-bond acceptors (Lipinski definition) is 7. The van der Waals surface area contributed by atoms with E-state index in [9.17, 15) is 20.2 Å². The molecule has 0 fully saturated rings. The maximum atomic E-state index is 10.9. The molecular formula is C11H7BrN4O4S. The zero-order chi connectivity index (χ0) is 15.4. The van der Waals surface area contributed by atoms with E-state index >= 15 is 0 Å². The normalized spacial score (nSPS) is 10.7. The maximum absolute atomic E-state index is 10.9. The van der Waals surface area contributed by atoms with Gasteiger partial charge < -0.3 is 0 Å². The van der Waals surface area contributed by atoms with Crippen LogP contribution in [0.5, 0.6) is 0 Å². The van der Waals surface area contributed by atoms with E-state index in [1.807, 2.05) is 11.4 Å². The first-order chi connectivity index (χ1) is 9.97. The molecule has 2 aromatic rings. The van der Waals surface area contributed by atoms with E-state index in [2.05, 4.69) is 26.5 Å². The highest BCUT2D eigenvalue weighted by Crippen LogP contribution is 2.28. The molecule has 0 saturated carbocycles. The first kappa shape index (κ1) is 15.1. The van der Waals surface area contributed by atoms with Crippen molar-refractivity contribution < 1.29 is 9.85 Å². The number of halogens is 1. The van der Waals surface area contributed by atoms with Crippen LogP contribution in [0, 0.1) is 20.2 Å². The molecule has 8 nitrogen and oxygen atoms in total. The topological polar surface area (TPSA) is 111 Å². The Kier molecular flexibility index (Phi) is 4.60. The quantitative estimate of drug-likeness (QED) is 0.489. The van der Waals surface area contributed by atoms with Crippen molar-refractivity contribution in [1.29, 1.82) is 0 Å². The largest absolute Gasteiger partial charge is 0.301 e. The van der Waals surface area contributed by atoms with E-state index < -0.39 is 15.5 Å². The second-order valence-electron chi connectivity index (χ2n) is 3.75. The van der Waals surface area contributed by atoms with Crippen molar-refractivity contribution in [2.75, 3.05) is 5.43 Å². The summed E-state index contributed by atoms with van der Waals surface area (Å²) in [6.07, 6.45) is 1.50. The Morgan fingerprint density at radius 1 is 1.24 bits per heavy atom. The molecule has 1 heterocycles. The molecule has 0 radical (unpaired) electrons. The summed E-state index contributed by atoms with van der Waals surface area (Å²) in [5, 5.41) is 27.3. The number of anilines is 1. The van der Waals surface area contributed by atoms with Crippen LogP contribution in [0.4, 0.5) is 17.1 Å². The van der Waals surface area contributed by atoms with Crippen molar-refractivity contribution in [3.8, 4) is 0 Å². The maximum Gasteiger partial charge on any atom is 0.301 e. The number of nitrogens with zero attached hydrogens (tertiary/aromatic N) is 3. The molecule has 2 rings (SSSR count). The molecule has 0 aliphatic heterocycles. The van der Waals surface area contributed by atoms with Gasteiger partial charge in [-0.05, 0) is 28.1 Å². The monoisotopic (exact) mass is 370 g/mol. The number of benzene rings is 1. The van der Waals surface area contributed by atoms with Gasteiger partial charge in [-0.25, -0.2) is 0 Å². The molecule has 1 N–H and O–H groups in total. The first-order valence-corrected chi connectivity index (χ1v) is 7.10. The molecule has 21 heavy (non-hydrogen) atoms. The van der Waals surface area contributed by atoms with E-state index in [1.165, 1.54) is 29.7 Å². The third kappa shape index (κ3) is 3.83. The van der Waals surface area contributed by atoms with Crippen LogP contribution >= 0.6 is 27.3 Å². The second kappa shape index (κ2) is 6.41. The summed E-state index contributed by atoms with van der Waals surface area (Å²) in [5.41, 5.74) is 1.84. The van der Waals surface area contributed by atoms with Gasteiger partial charge in [0.15, 0.2) is 0 Å². The standard InChI is InChI=1S/C11H7BrN4O4S/c12-7-3-9(21-6-7)5-13-14-10-2-1-8(15(17)18)4-11(10)16(19)20/h1-6,14H. The summed E-state index contributed by atoms with van der Waals surface area (Å²) in [7, 11) is 0. The molecule has 0 aliphatic carbocycles. The number of hydrogen-bond donors (Lipinski definition) is 1. The number of thiophene rings is 1. The summed E-state index contributed by atoms with van der Waals surface area (Å²) < 4.78 is 0.912. The first-order valence-electron chi connectivity index (χ1n) is 5.43. The zero-order valence-corrected chi connectivity index (χ0v) is 12.6. The van der Waals surface area contributed by atoms with Gasteiger partial charge in [-0.2, -0.15) is 5.10 Å². The predicted molar refractivity (Wildman–Crippen MR) is 83.0 cm³/mol. The molecule has 0 bridgehead atoms. The fraction of sp³-hybridized carbons (Fsp3) is 0. The van der Waals surface area contributed by atoms with Crippen molar-refractivity contribution in [3.63, 3.8) is 0 Å². The van der Waals surface area contributed by atoms with Gasteiger partial charge in [0.1, 0.15) is 5.69 Å². The minimum Gasteiger partial charge on any atom is -0.272 e. The SMILES string of the molecule is O=[N+]([O-])c1ccc(NN=Cc2cc(Br)cs2)c([N+](=O)[O-])c1. The fourth-order valence-corrected chi connectivity index (χ4v) is 2.74. The Morgan fingerprint density at radius 3 is 2.57 bits per heavy atom. The van der Waals surface area contributed by atoms with Crippen LogP contribution < -0.4 is 5.43 Å². The number of non-ortho nitro benzene ring substituents is 1. The highest BCUT2D eigenvalue weighted by Gasteiger charge is 2.18. The van der Waals surface area contributed by atoms with E-state index in [1.54, 1.807) is 0 Å².